The van der Waals surface area contributed by atoms with Gasteiger partial charge in [-0.15, -0.1) is 0 Å². The van der Waals surface area contributed by atoms with Crippen LogP contribution in [0.3, 0.4) is 0 Å². The van der Waals surface area contributed by atoms with Gasteiger partial charge in [-0.3, -0.25) is 9.59 Å². The third-order valence-electron chi connectivity index (χ3n) is 4.12. The zero-order chi connectivity index (χ0) is 15.9. The van der Waals surface area contributed by atoms with Crippen molar-refractivity contribution in [1.82, 2.24) is 10.2 Å². The normalized spacial score (nSPS) is 17.9. The summed E-state index contributed by atoms with van der Waals surface area (Å²) < 4.78 is 5.30. The molecule has 0 spiro atoms. The van der Waals surface area contributed by atoms with E-state index in [1.165, 1.54) is 0 Å². The lowest BCUT2D eigenvalue weighted by Gasteiger charge is -2.31. The van der Waals surface area contributed by atoms with Crippen LogP contribution < -0.4 is 10.1 Å². The van der Waals surface area contributed by atoms with E-state index in [-0.39, 0.29) is 17.7 Å². The molecule has 2 amide bonds. The van der Waals surface area contributed by atoms with Crippen molar-refractivity contribution < 1.29 is 14.3 Å². The predicted octanol–water partition coefficient (Wildman–Crippen LogP) is 1.61. The van der Waals surface area contributed by atoms with Crippen molar-refractivity contribution in [3.8, 4) is 5.75 Å². The summed E-state index contributed by atoms with van der Waals surface area (Å²) in [5.41, 5.74) is 1.08. The Kier molecular flexibility index (Phi) is 5.81. The minimum atomic E-state index is -0.0877. The molecule has 1 N–H and O–H groups in total. The van der Waals surface area contributed by atoms with E-state index < -0.39 is 0 Å². The Balaban J connectivity index is 1.81. The maximum absolute atomic E-state index is 12.2. The molecule has 0 radical (unpaired) electrons. The molecular formula is C17H24N2O3. The smallest absolute Gasteiger partial charge is 0.224 e. The summed E-state index contributed by atoms with van der Waals surface area (Å²) in [5, 5.41) is 2.98. The van der Waals surface area contributed by atoms with Gasteiger partial charge in [-0.2, -0.15) is 0 Å². The third kappa shape index (κ3) is 4.23. The van der Waals surface area contributed by atoms with E-state index in [4.69, 9.17) is 4.74 Å². The standard InChI is InChI=1S/C17H24N2O3/c1-13(20)19-11-5-7-15(12-19)17(21)18-10-9-14-6-3-4-8-16(14)22-2/h3-4,6,8,15H,5,7,9-12H2,1-2H3,(H,18,21)/t15-/m1/s1. The number of ether oxygens (including phenoxy) is 1. The Morgan fingerprint density at radius 3 is 2.86 bits per heavy atom. The summed E-state index contributed by atoms with van der Waals surface area (Å²) in [7, 11) is 1.65. The lowest BCUT2D eigenvalue weighted by Crippen LogP contribution is -2.45. The van der Waals surface area contributed by atoms with Crippen LogP contribution in [0.4, 0.5) is 0 Å². The molecule has 2 rings (SSSR count). The molecule has 0 bridgehead atoms. The van der Waals surface area contributed by atoms with Crippen LogP contribution in [-0.2, 0) is 16.0 Å². The minimum absolute atomic E-state index is 0.0425. The number of hydrogen-bond acceptors (Lipinski definition) is 3. The highest BCUT2D eigenvalue weighted by atomic mass is 16.5. The third-order valence-corrected chi connectivity index (χ3v) is 4.12. The number of likely N-dealkylation sites (tertiary alicyclic amines) is 1. The quantitative estimate of drug-likeness (QED) is 0.899. The van der Waals surface area contributed by atoms with E-state index in [1.54, 1.807) is 18.9 Å². The van der Waals surface area contributed by atoms with Gasteiger partial charge in [0.25, 0.3) is 0 Å². The number of nitrogens with one attached hydrogen (secondary N) is 1. The topological polar surface area (TPSA) is 58.6 Å². The lowest BCUT2D eigenvalue weighted by atomic mass is 9.97. The highest BCUT2D eigenvalue weighted by molar-refractivity contribution is 5.80. The van der Waals surface area contributed by atoms with Gasteiger partial charge in [0.15, 0.2) is 0 Å². The maximum atomic E-state index is 12.2. The molecule has 0 aromatic heterocycles. The fraction of sp³-hybridized carbons (Fsp3) is 0.529. The maximum Gasteiger partial charge on any atom is 0.224 e. The SMILES string of the molecule is COc1ccccc1CCNC(=O)[C@@H]1CCCN(C(C)=O)C1. The molecule has 1 atom stereocenters. The van der Waals surface area contributed by atoms with Gasteiger partial charge in [0.05, 0.1) is 13.0 Å². The monoisotopic (exact) mass is 304 g/mol. The molecule has 1 fully saturated rings. The molecule has 1 heterocycles. The van der Waals surface area contributed by atoms with Gasteiger partial charge in [0.1, 0.15) is 5.75 Å². The van der Waals surface area contributed by atoms with Crippen LogP contribution in [0.1, 0.15) is 25.3 Å². The van der Waals surface area contributed by atoms with Crippen molar-refractivity contribution in [2.75, 3.05) is 26.7 Å². The van der Waals surface area contributed by atoms with E-state index in [0.717, 1.165) is 37.1 Å². The van der Waals surface area contributed by atoms with Gasteiger partial charge in [-0.1, -0.05) is 18.2 Å². The molecule has 1 aromatic rings. The number of carbonyl (C=O) groups excluding carboxylic acids is 2. The molecular weight excluding hydrogens is 280 g/mol. The van der Waals surface area contributed by atoms with Crippen molar-refractivity contribution in [3.05, 3.63) is 29.8 Å². The zero-order valence-electron chi connectivity index (χ0n) is 13.3. The second kappa shape index (κ2) is 7.82. The minimum Gasteiger partial charge on any atom is -0.496 e. The molecule has 22 heavy (non-hydrogen) atoms. The Labute approximate surface area is 131 Å². The van der Waals surface area contributed by atoms with Gasteiger partial charge < -0.3 is 15.0 Å². The van der Waals surface area contributed by atoms with E-state index >= 15 is 0 Å². The van der Waals surface area contributed by atoms with E-state index in [0.29, 0.717) is 13.1 Å². The van der Waals surface area contributed by atoms with Crippen molar-refractivity contribution >= 4 is 11.8 Å². The number of rotatable bonds is 5. The van der Waals surface area contributed by atoms with Crippen LogP contribution in [0, 0.1) is 5.92 Å². The van der Waals surface area contributed by atoms with Gasteiger partial charge in [0.2, 0.25) is 11.8 Å². The summed E-state index contributed by atoms with van der Waals surface area (Å²) in [5.74, 6) is 0.847. The first-order chi connectivity index (χ1) is 10.6. The second-order valence-corrected chi connectivity index (χ2v) is 5.66. The number of nitrogens with zero attached hydrogens (tertiary/aromatic N) is 1. The van der Waals surface area contributed by atoms with Crippen LogP contribution >= 0.6 is 0 Å². The lowest BCUT2D eigenvalue weighted by molar-refractivity contribution is -0.133. The molecule has 1 saturated heterocycles. The number of para-hydroxylation sites is 1. The molecule has 1 aliphatic heterocycles. The van der Waals surface area contributed by atoms with Crippen molar-refractivity contribution in [2.45, 2.75) is 26.2 Å². The number of carbonyl (C=O) groups is 2. The molecule has 1 aromatic carbocycles. The van der Waals surface area contributed by atoms with Gasteiger partial charge in [-0.25, -0.2) is 0 Å². The second-order valence-electron chi connectivity index (χ2n) is 5.66. The molecule has 0 unspecified atom stereocenters. The van der Waals surface area contributed by atoms with Crippen LogP contribution in [0.2, 0.25) is 0 Å². The van der Waals surface area contributed by atoms with E-state index in [9.17, 15) is 9.59 Å². The first-order valence-electron chi connectivity index (χ1n) is 7.77. The van der Waals surface area contributed by atoms with Crippen LogP contribution in [0.25, 0.3) is 0 Å². The highest BCUT2D eigenvalue weighted by Gasteiger charge is 2.26. The Hall–Kier alpha value is -2.04. The van der Waals surface area contributed by atoms with Gasteiger partial charge >= 0.3 is 0 Å². The number of amides is 2. The fourth-order valence-corrected chi connectivity index (χ4v) is 2.85. The van der Waals surface area contributed by atoms with Crippen LogP contribution in [-0.4, -0.2) is 43.5 Å². The first-order valence-corrected chi connectivity index (χ1v) is 7.77. The van der Waals surface area contributed by atoms with E-state index in [2.05, 4.69) is 5.32 Å². The summed E-state index contributed by atoms with van der Waals surface area (Å²) in [6.07, 6.45) is 2.48. The summed E-state index contributed by atoms with van der Waals surface area (Å²) >= 11 is 0. The predicted molar refractivity (Wildman–Crippen MR) is 84.7 cm³/mol. The molecule has 1 aliphatic rings. The molecule has 0 aliphatic carbocycles. The number of methoxy groups -OCH3 is 1. The molecule has 0 saturated carbocycles. The average Bonchev–Trinajstić information content (AvgIpc) is 2.55. The Morgan fingerprint density at radius 2 is 2.14 bits per heavy atom. The summed E-state index contributed by atoms with van der Waals surface area (Å²) in [6, 6.07) is 7.82. The van der Waals surface area contributed by atoms with Crippen LogP contribution in [0.5, 0.6) is 5.75 Å². The Bertz CT molecular complexity index is 530. The number of benzene rings is 1. The average molecular weight is 304 g/mol. The molecule has 5 nitrogen and oxygen atoms in total. The largest absolute Gasteiger partial charge is 0.496 e. The van der Waals surface area contributed by atoms with Crippen molar-refractivity contribution in [3.63, 3.8) is 0 Å². The van der Waals surface area contributed by atoms with Crippen LogP contribution in [0.15, 0.2) is 24.3 Å². The number of hydrogen-bond donors (Lipinski definition) is 1. The Morgan fingerprint density at radius 1 is 1.36 bits per heavy atom. The van der Waals surface area contributed by atoms with E-state index in [1.807, 2.05) is 24.3 Å². The van der Waals surface area contributed by atoms with Gasteiger partial charge in [-0.05, 0) is 30.9 Å². The summed E-state index contributed by atoms with van der Waals surface area (Å²) in [4.78, 5) is 25.4. The van der Waals surface area contributed by atoms with Gasteiger partial charge in [0, 0.05) is 26.6 Å². The zero-order valence-corrected chi connectivity index (χ0v) is 13.3. The summed E-state index contributed by atoms with van der Waals surface area (Å²) in [6.45, 7) is 3.44. The van der Waals surface area contributed by atoms with Crippen molar-refractivity contribution in [1.29, 1.82) is 0 Å². The fourth-order valence-electron chi connectivity index (χ4n) is 2.85. The molecule has 5 heteroatoms. The molecule has 120 valence electrons. The van der Waals surface area contributed by atoms with Crippen molar-refractivity contribution in [2.24, 2.45) is 5.92 Å². The number of piperidine rings is 1. The highest BCUT2D eigenvalue weighted by Crippen LogP contribution is 2.18. The first kappa shape index (κ1) is 16.3.